The summed E-state index contributed by atoms with van der Waals surface area (Å²) >= 11 is 0. The quantitative estimate of drug-likeness (QED) is 0.682. The number of carbonyl (C=O) groups is 1. The van der Waals surface area contributed by atoms with Gasteiger partial charge in [-0.2, -0.15) is 0 Å². The van der Waals surface area contributed by atoms with E-state index < -0.39 is 0 Å². The van der Waals surface area contributed by atoms with E-state index in [9.17, 15) is 4.79 Å². The van der Waals surface area contributed by atoms with Crippen molar-refractivity contribution in [2.24, 2.45) is 0 Å². The summed E-state index contributed by atoms with van der Waals surface area (Å²) in [5, 5.41) is 2.91. The number of carbonyl (C=O) groups excluding carboxylic acids is 1. The number of amides is 1. The van der Waals surface area contributed by atoms with E-state index in [0.29, 0.717) is 30.4 Å². The van der Waals surface area contributed by atoms with E-state index in [2.05, 4.69) is 12.2 Å². The van der Waals surface area contributed by atoms with E-state index in [1.54, 1.807) is 7.11 Å². The SMILES string of the molecule is CCCOc1ccc(NC(=O)Cc2cccc(OC)c2)cc1OCCC. The number of nitrogens with one attached hydrogen (secondary N) is 1. The average Bonchev–Trinajstić information content (AvgIpc) is 2.65. The number of benzene rings is 2. The summed E-state index contributed by atoms with van der Waals surface area (Å²) < 4.78 is 16.7. The second kappa shape index (κ2) is 10.3. The fourth-order valence-corrected chi connectivity index (χ4v) is 2.41. The zero-order chi connectivity index (χ0) is 18.8. The van der Waals surface area contributed by atoms with Gasteiger partial charge in [0.1, 0.15) is 5.75 Å². The molecule has 5 heteroatoms. The summed E-state index contributed by atoms with van der Waals surface area (Å²) in [5.41, 5.74) is 1.58. The standard InChI is InChI=1S/C21H27NO4/c1-4-11-25-19-10-9-17(15-20(19)26-12-5-2)22-21(23)14-16-7-6-8-18(13-16)24-3/h6-10,13,15H,4-5,11-12,14H2,1-3H3,(H,22,23). The molecule has 2 aromatic rings. The van der Waals surface area contributed by atoms with Crippen molar-refractivity contribution in [2.45, 2.75) is 33.1 Å². The maximum Gasteiger partial charge on any atom is 0.228 e. The molecule has 0 bridgehead atoms. The van der Waals surface area contributed by atoms with Crippen LogP contribution in [-0.4, -0.2) is 26.2 Å². The Morgan fingerprint density at radius 3 is 2.38 bits per heavy atom. The molecular weight excluding hydrogens is 330 g/mol. The number of hydrogen-bond donors (Lipinski definition) is 1. The second-order valence-corrected chi connectivity index (χ2v) is 5.93. The molecule has 1 amide bonds. The lowest BCUT2D eigenvalue weighted by atomic mass is 10.1. The molecule has 0 atom stereocenters. The minimum atomic E-state index is -0.0954. The average molecular weight is 357 g/mol. The highest BCUT2D eigenvalue weighted by molar-refractivity contribution is 5.92. The summed E-state index contributed by atoms with van der Waals surface area (Å²) in [7, 11) is 1.61. The number of rotatable bonds is 10. The van der Waals surface area contributed by atoms with Crippen LogP contribution >= 0.6 is 0 Å². The highest BCUT2D eigenvalue weighted by Crippen LogP contribution is 2.31. The molecule has 0 heterocycles. The first-order chi connectivity index (χ1) is 12.7. The highest BCUT2D eigenvalue weighted by Gasteiger charge is 2.10. The number of ether oxygens (including phenoxy) is 3. The van der Waals surface area contributed by atoms with Gasteiger partial charge in [-0.1, -0.05) is 26.0 Å². The highest BCUT2D eigenvalue weighted by atomic mass is 16.5. The lowest BCUT2D eigenvalue weighted by Gasteiger charge is -2.14. The fraction of sp³-hybridized carbons (Fsp3) is 0.381. The van der Waals surface area contributed by atoms with Crippen molar-refractivity contribution in [1.29, 1.82) is 0 Å². The third-order valence-electron chi connectivity index (χ3n) is 3.65. The maximum absolute atomic E-state index is 12.3. The Kier molecular flexibility index (Phi) is 7.80. The minimum absolute atomic E-state index is 0.0954. The first-order valence-electron chi connectivity index (χ1n) is 8.98. The van der Waals surface area contributed by atoms with Gasteiger partial charge in [-0.25, -0.2) is 0 Å². The topological polar surface area (TPSA) is 56.8 Å². The zero-order valence-corrected chi connectivity index (χ0v) is 15.7. The van der Waals surface area contributed by atoms with Crippen LogP contribution in [-0.2, 0) is 11.2 Å². The molecular formula is C21H27NO4. The van der Waals surface area contributed by atoms with E-state index in [1.165, 1.54) is 0 Å². The van der Waals surface area contributed by atoms with Crippen molar-refractivity contribution in [3.05, 3.63) is 48.0 Å². The lowest BCUT2D eigenvalue weighted by Crippen LogP contribution is -2.14. The van der Waals surface area contributed by atoms with Crippen LogP contribution in [0.15, 0.2) is 42.5 Å². The molecule has 0 spiro atoms. The largest absolute Gasteiger partial charge is 0.497 e. The van der Waals surface area contributed by atoms with Crippen molar-refractivity contribution < 1.29 is 19.0 Å². The molecule has 1 N–H and O–H groups in total. The predicted octanol–water partition coefficient (Wildman–Crippen LogP) is 4.45. The molecule has 0 saturated carbocycles. The maximum atomic E-state index is 12.3. The van der Waals surface area contributed by atoms with Crippen LogP contribution in [0.25, 0.3) is 0 Å². The van der Waals surface area contributed by atoms with Gasteiger partial charge in [0.05, 0.1) is 26.7 Å². The molecule has 26 heavy (non-hydrogen) atoms. The third-order valence-corrected chi connectivity index (χ3v) is 3.65. The van der Waals surface area contributed by atoms with Gasteiger partial charge in [0.15, 0.2) is 11.5 Å². The Bertz CT molecular complexity index is 715. The van der Waals surface area contributed by atoms with Gasteiger partial charge in [-0.3, -0.25) is 4.79 Å². The Morgan fingerprint density at radius 2 is 1.69 bits per heavy atom. The lowest BCUT2D eigenvalue weighted by molar-refractivity contribution is -0.115. The molecule has 0 saturated heterocycles. The molecule has 0 radical (unpaired) electrons. The van der Waals surface area contributed by atoms with E-state index >= 15 is 0 Å². The van der Waals surface area contributed by atoms with E-state index in [4.69, 9.17) is 14.2 Å². The molecule has 0 aliphatic rings. The number of hydrogen-bond acceptors (Lipinski definition) is 4. The third kappa shape index (κ3) is 5.99. The molecule has 0 aliphatic carbocycles. The summed E-state index contributed by atoms with van der Waals surface area (Å²) in [6.07, 6.45) is 2.10. The van der Waals surface area contributed by atoms with Crippen LogP contribution < -0.4 is 19.5 Å². The van der Waals surface area contributed by atoms with Gasteiger partial charge < -0.3 is 19.5 Å². The van der Waals surface area contributed by atoms with Crippen LogP contribution in [0.3, 0.4) is 0 Å². The summed E-state index contributed by atoms with van der Waals surface area (Å²) in [5.74, 6) is 2.00. The second-order valence-electron chi connectivity index (χ2n) is 5.93. The molecule has 2 rings (SSSR count). The molecule has 140 valence electrons. The van der Waals surface area contributed by atoms with E-state index in [1.807, 2.05) is 49.4 Å². The van der Waals surface area contributed by atoms with Crippen LogP contribution in [0.4, 0.5) is 5.69 Å². The van der Waals surface area contributed by atoms with Crippen molar-refractivity contribution in [3.63, 3.8) is 0 Å². The Labute approximate surface area is 155 Å². The smallest absolute Gasteiger partial charge is 0.228 e. The van der Waals surface area contributed by atoms with Crippen molar-refractivity contribution in [2.75, 3.05) is 25.6 Å². The summed E-state index contributed by atoms with van der Waals surface area (Å²) in [6.45, 7) is 5.33. The molecule has 0 fully saturated rings. The molecule has 0 aliphatic heterocycles. The molecule has 5 nitrogen and oxygen atoms in total. The summed E-state index contributed by atoms with van der Waals surface area (Å²) in [6, 6.07) is 13.0. The molecule has 2 aromatic carbocycles. The number of methoxy groups -OCH3 is 1. The van der Waals surface area contributed by atoms with Gasteiger partial charge in [-0.15, -0.1) is 0 Å². The molecule has 0 unspecified atom stereocenters. The Hall–Kier alpha value is -2.69. The van der Waals surface area contributed by atoms with Gasteiger partial charge in [-0.05, 0) is 42.7 Å². The molecule has 0 aromatic heterocycles. The van der Waals surface area contributed by atoms with Crippen LogP contribution in [0, 0.1) is 0 Å². The van der Waals surface area contributed by atoms with Crippen LogP contribution in [0.2, 0.25) is 0 Å². The predicted molar refractivity (Wildman–Crippen MR) is 103 cm³/mol. The van der Waals surface area contributed by atoms with Crippen LogP contribution in [0.5, 0.6) is 17.2 Å². The van der Waals surface area contributed by atoms with Crippen molar-refractivity contribution in [1.82, 2.24) is 0 Å². The van der Waals surface area contributed by atoms with Crippen LogP contribution in [0.1, 0.15) is 32.3 Å². The normalized spacial score (nSPS) is 10.3. The van der Waals surface area contributed by atoms with Gasteiger partial charge in [0, 0.05) is 11.8 Å². The van der Waals surface area contributed by atoms with Gasteiger partial charge in [0.2, 0.25) is 5.91 Å². The van der Waals surface area contributed by atoms with Gasteiger partial charge >= 0.3 is 0 Å². The summed E-state index contributed by atoms with van der Waals surface area (Å²) in [4.78, 5) is 12.3. The van der Waals surface area contributed by atoms with Crippen molar-refractivity contribution in [3.8, 4) is 17.2 Å². The van der Waals surface area contributed by atoms with E-state index in [-0.39, 0.29) is 12.3 Å². The Morgan fingerprint density at radius 1 is 0.962 bits per heavy atom. The van der Waals surface area contributed by atoms with E-state index in [0.717, 1.165) is 24.2 Å². The zero-order valence-electron chi connectivity index (χ0n) is 15.7. The van der Waals surface area contributed by atoms with Crippen molar-refractivity contribution >= 4 is 11.6 Å². The monoisotopic (exact) mass is 357 g/mol. The first kappa shape index (κ1) is 19.6. The van der Waals surface area contributed by atoms with Gasteiger partial charge in [0.25, 0.3) is 0 Å². The Balaban J connectivity index is 2.05. The minimum Gasteiger partial charge on any atom is -0.497 e. The first-order valence-corrected chi connectivity index (χ1v) is 8.98. The number of anilines is 1. The fourth-order valence-electron chi connectivity index (χ4n) is 2.41.